The van der Waals surface area contributed by atoms with E-state index in [-0.39, 0.29) is 11.8 Å². The van der Waals surface area contributed by atoms with Crippen molar-refractivity contribution in [2.75, 3.05) is 0 Å². The summed E-state index contributed by atoms with van der Waals surface area (Å²) in [5, 5.41) is 3.40. The van der Waals surface area contributed by atoms with Gasteiger partial charge in [-0.3, -0.25) is 14.9 Å². The van der Waals surface area contributed by atoms with Gasteiger partial charge in [0.25, 0.3) is 11.8 Å². The Kier molecular flexibility index (Phi) is 4.90. The van der Waals surface area contributed by atoms with Gasteiger partial charge in [0.05, 0.1) is 10.1 Å². The molecule has 2 amide bonds. The van der Waals surface area contributed by atoms with Gasteiger partial charge in [-0.2, -0.15) is 0 Å². The summed E-state index contributed by atoms with van der Waals surface area (Å²) in [5.41, 5.74) is 3.55. The fourth-order valence-electron chi connectivity index (χ4n) is 3.39. The molecule has 0 aliphatic carbocycles. The molecule has 0 bridgehead atoms. The Morgan fingerprint density at radius 3 is 2.50 bits per heavy atom. The molecule has 0 saturated heterocycles. The molecular formula is C19H21BrN2O2. The number of nitrogens with zero attached hydrogens (tertiary/aromatic N) is 1. The lowest BCUT2D eigenvalue weighted by molar-refractivity contribution is -0.123. The zero-order chi connectivity index (χ0) is 17.3. The van der Waals surface area contributed by atoms with Crippen molar-refractivity contribution in [2.24, 2.45) is 7.05 Å². The molecule has 0 saturated carbocycles. The molecule has 2 heterocycles. The molecule has 0 fully saturated rings. The SMILES string of the molecule is CCCCCCc1c(C2=C(Br)C(=O)NC2=O)c2ccccc2n1C. The number of aromatic nitrogens is 1. The average molecular weight is 389 g/mol. The van der Waals surface area contributed by atoms with Crippen LogP contribution in [0.15, 0.2) is 28.7 Å². The third-order valence-electron chi connectivity index (χ3n) is 4.62. The summed E-state index contributed by atoms with van der Waals surface area (Å²) < 4.78 is 2.48. The Balaban J connectivity index is 2.14. The van der Waals surface area contributed by atoms with Crippen LogP contribution in [0.25, 0.3) is 16.5 Å². The minimum atomic E-state index is -0.361. The van der Waals surface area contributed by atoms with Crippen LogP contribution in [0, 0.1) is 0 Å². The van der Waals surface area contributed by atoms with Gasteiger partial charge in [0.15, 0.2) is 0 Å². The fraction of sp³-hybridized carbons (Fsp3) is 0.368. The zero-order valence-corrected chi connectivity index (χ0v) is 15.6. The molecule has 126 valence electrons. The number of aryl methyl sites for hydroxylation is 1. The van der Waals surface area contributed by atoms with Gasteiger partial charge >= 0.3 is 0 Å². The van der Waals surface area contributed by atoms with E-state index >= 15 is 0 Å². The van der Waals surface area contributed by atoms with Crippen molar-refractivity contribution in [3.8, 4) is 0 Å². The first kappa shape index (κ1) is 17.0. The highest BCUT2D eigenvalue weighted by molar-refractivity contribution is 9.12. The van der Waals surface area contributed by atoms with Crippen molar-refractivity contribution in [1.82, 2.24) is 9.88 Å². The van der Waals surface area contributed by atoms with Crippen LogP contribution < -0.4 is 5.32 Å². The number of carbonyl (C=O) groups is 2. The third-order valence-corrected chi connectivity index (χ3v) is 5.37. The van der Waals surface area contributed by atoms with Gasteiger partial charge in [0.2, 0.25) is 0 Å². The standard InChI is InChI=1S/C19H21BrN2O2/c1-3-4-5-6-11-14-15(16-17(20)19(24)21-18(16)23)12-9-7-8-10-13(12)22(14)2/h7-10H,3-6,11H2,1-2H3,(H,21,23,24). The summed E-state index contributed by atoms with van der Waals surface area (Å²) in [7, 11) is 2.03. The van der Waals surface area contributed by atoms with Crippen LogP contribution in [-0.4, -0.2) is 16.4 Å². The van der Waals surface area contributed by atoms with E-state index in [1.807, 2.05) is 25.2 Å². The van der Waals surface area contributed by atoms with Crippen LogP contribution in [0.1, 0.15) is 43.9 Å². The predicted molar refractivity (Wildman–Crippen MR) is 99.8 cm³/mol. The van der Waals surface area contributed by atoms with Crippen molar-refractivity contribution in [2.45, 2.75) is 39.0 Å². The van der Waals surface area contributed by atoms with E-state index in [2.05, 4.69) is 38.8 Å². The highest BCUT2D eigenvalue weighted by Crippen LogP contribution is 2.37. The number of halogens is 1. The Hall–Kier alpha value is -1.88. The second kappa shape index (κ2) is 6.93. The molecule has 0 unspecified atom stereocenters. The highest BCUT2D eigenvalue weighted by Gasteiger charge is 2.33. The smallest absolute Gasteiger partial charge is 0.265 e. The molecule has 2 aromatic rings. The van der Waals surface area contributed by atoms with Crippen LogP contribution in [0.5, 0.6) is 0 Å². The number of carbonyl (C=O) groups excluding carboxylic acids is 2. The minimum Gasteiger partial charge on any atom is -0.347 e. The first-order valence-corrected chi connectivity index (χ1v) is 9.17. The van der Waals surface area contributed by atoms with Crippen molar-refractivity contribution < 1.29 is 9.59 Å². The van der Waals surface area contributed by atoms with E-state index in [4.69, 9.17) is 0 Å². The number of imide groups is 1. The Bertz CT molecular complexity index is 848. The molecule has 3 rings (SSSR count). The van der Waals surface area contributed by atoms with Gasteiger partial charge in [-0.15, -0.1) is 0 Å². The number of amides is 2. The number of unbranched alkanes of at least 4 members (excludes halogenated alkanes) is 3. The van der Waals surface area contributed by atoms with E-state index in [9.17, 15) is 9.59 Å². The Labute approximate surface area is 150 Å². The van der Waals surface area contributed by atoms with Gasteiger partial charge < -0.3 is 4.57 Å². The van der Waals surface area contributed by atoms with E-state index in [0.717, 1.165) is 35.0 Å². The fourth-order valence-corrected chi connectivity index (χ4v) is 3.87. The van der Waals surface area contributed by atoms with Crippen molar-refractivity contribution in [3.05, 3.63) is 40.0 Å². The monoisotopic (exact) mass is 388 g/mol. The van der Waals surface area contributed by atoms with E-state index in [1.165, 1.54) is 19.3 Å². The molecule has 4 nitrogen and oxygen atoms in total. The van der Waals surface area contributed by atoms with Crippen LogP contribution in [0.2, 0.25) is 0 Å². The number of para-hydroxylation sites is 1. The molecule has 1 aromatic heterocycles. The number of fused-ring (bicyclic) bond motifs is 1. The molecule has 0 spiro atoms. The lowest BCUT2D eigenvalue weighted by Gasteiger charge is -2.08. The second-order valence-corrected chi connectivity index (χ2v) is 6.97. The van der Waals surface area contributed by atoms with Crippen molar-refractivity contribution >= 4 is 44.2 Å². The predicted octanol–water partition coefficient (Wildman–Crippen LogP) is 4.06. The third kappa shape index (κ3) is 2.81. The molecular weight excluding hydrogens is 368 g/mol. The van der Waals surface area contributed by atoms with Crippen LogP contribution in [-0.2, 0) is 23.1 Å². The maximum absolute atomic E-state index is 12.3. The zero-order valence-electron chi connectivity index (χ0n) is 14.0. The van der Waals surface area contributed by atoms with Gasteiger partial charge in [-0.1, -0.05) is 44.4 Å². The second-order valence-electron chi connectivity index (χ2n) is 6.18. The van der Waals surface area contributed by atoms with E-state index in [0.29, 0.717) is 10.1 Å². The molecule has 1 N–H and O–H groups in total. The molecule has 24 heavy (non-hydrogen) atoms. The van der Waals surface area contributed by atoms with E-state index < -0.39 is 0 Å². The van der Waals surface area contributed by atoms with Crippen LogP contribution >= 0.6 is 15.9 Å². The molecule has 0 atom stereocenters. The minimum absolute atomic E-state index is 0.321. The Morgan fingerprint density at radius 1 is 1.08 bits per heavy atom. The number of nitrogens with one attached hydrogen (secondary N) is 1. The summed E-state index contributed by atoms with van der Waals surface area (Å²) in [5.74, 6) is -0.682. The Morgan fingerprint density at radius 2 is 1.83 bits per heavy atom. The van der Waals surface area contributed by atoms with Gasteiger partial charge in [-0.05, 0) is 34.8 Å². The van der Waals surface area contributed by atoms with Crippen LogP contribution in [0.4, 0.5) is 0 Å². The molecule has 1 aliphatic rings. The summed E-state index contributed by atoms with van der Waals surface area (Å²) in [6.07, 6.45) is 5.54. The molecule has 1 aromatic carbocycles. The number of hydrogen-bond donors (Lipinski definition) is 1. The first-order valence-electron chi connectivity index (χ1n) is 8.38. The van der Waals surface area contributed by atoms with E-state index in [1.54, 1.807) is 0 Å². The van der Waals surface area contributed by atoms with Gasteiger partial charge in [-0.25, -0.2) is 0 Å². The first-order chi connectivity index (χ1) is 11.6. The lowest BCUT2D eigenvalue weighted by atomic mass is 9.99. The summed E-state index contributed by atoms with van der Waals surface area (Å²) in [6.45, 7) is 2.19. The molecule has 0 radical (unpaired) electrons. The summed E-state index contributed by atoms with van der Waals surface area (Å²) in [4.78, 5) is 24.2. The maximum atomic E-state index is 12.3. The van der Waals surface area contributed by atoms with Gasteiger partial charge in [0, 0.05) is 29.2 Å². The topological polar surface area (TPSA) is 51.1 Å². The molecule has 5 heteroatoms. The largest absolute Gasteiger partial charge is 0.347 e. The van der Waals surface area contributed by atoms with Crippen molar-refractivity contribution in [3.63, 3.8) is 0 Å². The lowest BCUT2D eigenvalue weighted by Crippen LogP contribution is -2.22. The van der Waals surface area contributed by atoms with Crippen LogP contribution in [0.3, 0.4) is 0 Å². The summed E-state index contributed by atoms with van der Waals surface area (Å²) >= 11 is 3.31. The highest BCUT2D eigenvalue weighted by atomic mass is 79.9. The average Bonchev–Trinajstić information content (AvgIpc) is 2.98. The summed E-state index contributed by atoms with van der Waals surface area (Å²) in [6, 6.07) is 8.03. The maximum Gasteiger partial charge on any atom is 0.265 e. The number of benzene rings is 1. The van der Waals surface area contributed by atoms with Gasteiger partial charge in [0.1, 0.15) is 0 Å². The quantitative estimate of drug-likeness (QED) is 0.598. The normalized spacial score (nSPS) is 14.8. The number of hydrogen-bond acceptors (Lipinski definition) is 2. The van der Waals surface area contributed by atoms with Crippen molar-refractivity contribution in [1.29, 1.82) is 0 Å². The molecule has 1 aliphatic heterocycles. The number of rotatable bonds is 6.